The molecule has 7 nitrogen and oxygen atoms in total. The van der Waals surface area contributed by atoms with Crippen molar-refractivity contribution in [3.63, 3.8) is 0 Å². The van der Waals surface area contributed by atoms with Crippen LogP contribution in [0.4, 0.5) is 24.5 Å². The number of carbonyl (C=O) groups excluding carboxylic acids is 2. The molecule has 0 bridgehead atoms. The predicted octanol–water partition coefficient (Wildman–Crippen LogP) is 4.04. The van der Waals surface area contributed by atoms with E-state index in [1.807, 2.05) is 6.92 Å². The van der Waals surface area contributed by atoms with E-state index in [1.54, 1.807) is 17.0 Å². The lowest BCUT2D eigenvalue weighted by Crippen LogP contribution is -2.41. The summed E-state index contributed by atoms with van der Waals surface area (Å²) in [6.07, 6.45) is -3.44. The van der Waals surface area contributed by atoms with Crippen molar-refractivity contribution in [2.45, 2.75) is 50.2 Å². The molecule has 1 saturated heterocycles. The minimum absolute atomic E-state index is 0.0480. The van der Waals surface area contributed by atoms with Gasteiger partial charge >= 0.3 is 6.18 Å². The molecule has 0 aliphatic carbocycles. The largest absolute Gasteiger partial charge is 0.416 e. The lowest BCUT2D eigenvalue weighted by molar-refractivity contribution is -0.137. The van der Waals surface area contributed by atoms with Gasteiger partial charge in [0.25, 0.3) is 0 Å². The summed E-state index contributed by atoms with van der Waals surface area (Å²) in [4.78, 5) is 26.3. The second kappa shape index (κ2) is 9.27. The Morgan fingerprint density at radius 2 is 1.74 bits per heavy atom. The fourth-order valence-corrected chi connectivity index (χ4v) is 6.29. The van der Waals surface area contributed by atoms with Gasteiger partial charge in [0.15, 0.2) is 0 Å². The number of alkyl halides is 3. The van der Waals surface area contributed by atoms with Crippen LogP contribution in [-0.4, -0.2) is 43.7 Å². The first kappa shape index (κ1) is 25.2. The van der Waals surface area contributed by atoms with Crippen LogP contribution in [0.5, 0.6) is 0 Å². The van der Waals surface area contributed by atoms with E-state index in [4.69, 9.17) is 0 Å². The van der Waals surface area contributed by atoms with Crippen LogP contribution in [0, 0.1) is 5.92 Å². The minimum atomic E-state index is -4.51. The first-order valence-corrected chi connectivity index (χ1v) is 12.7. The lowest BCUT2D eigenvalue weighted by atomic mass is 9.97. The fraction of sp³-hybridized carbons (Fsp3) is 0.417. The molecule has 2 aromatic carbocycles. The molecular weight excluding hydrogens is 483 g/mol. The molecule has 2 aliphatic rings. The van der Waals surface area contributed by atoms with E-state index in [1.165, 1.54) is 29.4 Å². The van der Waals surface area contributed by atoms with E-state index in [9.17, 15) is 31.2 Å². The Hall–Kier alpha value is -2.92. The average molecular weight is 510 g/mol. The summed E-state index contributed by atoms with van der Waals surface area (Å²) in [7, 11) is -3.80. The monoisotopic (exact) mass is 509 g/mol. The highest BCUT2D eigenvalue weighted by Crippen LogP contribution is 2.35. The summed E-state index contributed by atoms with van der Waals surface area (Å²) in [5.74, 6) is -1.05. The average Bonchev–Trinajstić information content (AvgIpc) is 3.14. The molecule has 1 fully saturated rings. The molecule has 0 radical (unpaired) electrons. The van der Waals surface area contributed by atoms with Gasteiger partial charge in [-0.2, -0.15) is 17.5 Å². The van der Waals surface area contributed by atoms with Crippen LogP contribution < -0.4 is 10.2 Å². The van der Waals surface area contributed by atoms with E-state index in [0.29, 0.717) is 12.1 Å². The normalized spacial score (nSPS) is 19.5. The number of amides is 2. The van der Waals surface area contributed by atoms with E-state index in [0.717, 1.165) is 17.7 Å². The van der Waals surface area contributed by atoms with Gasteiger partial charge in [0, 0.05) is 43.3 Å². The van der Waals surface area contributed by atoms with E-state index in [-0.39, 0.29) is 48.5 Å². The summed E-state index contributed by atoms with van der Waals surface area (Å²) >= 11 is 0. The molecule has 1 N–H and O–H groups in total. The SMILES string of the molecule is CC(=O)N1c2ccc(S(=O)(=O)N3CCC(C(=O)Nc4cccc(C(F)(F)F)c4)CC3)cc2C[C@H]1C. The molecule has 2 aliphatic heterocycles. The third kappa shape index (κ3) is 5.06. The van der Waals surface area contributed by atoms with E-state index >= 15 is 0 Å². The Bertz CT molecular complexity index is 1250. The molecular formula is C24H26F3N3O4S. The smallest absolute Gasteiger partial charge is 0.326 e. The van der Waals surface area contributed by atoms with Crippen LogP contribution in [0.1, 0.15) is 37.8 Å². The molecule has 35 heavy (non-hydrogen) atoms. The van der Waals surface area contributed by atoms with Gasteiger partial charge in [0.2, 0.25) is 21.8 Å². The third-order valence-corrected chi connectivity index (χ3v) is 8.42. The summed E-state index contributed by atoms with van der Waals surface area (Å²) in [6, 6.07) is 9.12. The van der Waals surface area contributed by atoms with Gasteiger partial charge in [0.1, 0.15) is 0 Å². The molecule has 2 amide bonds. The summed E-state index contributed by atoms with van der Waals surface area (Å²) < 4.78 is 66.5. The first-order valence-electron chi connectivity index (χ1n) is 11.3. The zero-order chi connectivity index (χ0) is 25.5. The maximum atomic E-state index is 13.2. The molecule has 1 atom stereocenters. The van der Waals surface area contributed by atoms with Gasteiger partial charge in [-0.1, -0.05) is 6.07 Å². The number of benzene rings is 2. The van der Waals surface area contributed by atoms with E-state index < -0.39 is 33.6 Å². The molecule has 0 aromatic heterocycles. The number of rotatable bonds is 4. The number of nitrogens with zero attached hydrogens (tertiary/aromatic N) is 2. The van der Waals surface area contributed by atoms with Gasteiger partial charge in [-0.05, 0) is 68.1 Å². The maximum absolute atomic E-state index is 13.2. The highest BCUT2D eigenvalue weighted by Gasteiger charge is 2.35. The standard InChI is InChI=1S/C24H26F3N3O4S/c1-15-12-18-13-21(6-7-22(18)30(15)16(2)31)35(33,34)29-10-8-17(9-11-29)23(32)28-20-5-3-4-19(14-20)24(25,26)27/h3-7,13-15,17H,8-12H2,1-2H3,(H,28,32)/t15-/m1/s1. The Morgan fingerprint density at radius 1 is 1.06 bits per heavy atom. The van der Waals surface area contributed by atoms with Crippen LogP contribution in [0.2, 0.25) is 0 Å². The third-order valence-electron chi connectivity index (χ3n) is 6.53. The van der Waals surface area contributed by atoms with Crippen LogP contribution in [0.3, 0.4) is 0 Å². The van der Waals surface area contributed by atoms with Crippen LogP contribution in [0.15, 0.2) is 47.4 Å². The lowest BCUT2D eigenvalue weighted by Gasteiger charge is -2.30. The number of nitrogens with one attached hydrogen (secondary N) is 1. The molecule has 4 rings (SSSR count). The predicted molar refractivity (Wildman–Crippen MR) is 124 cm³/mol. The summed E-state index contributed by atoms with van der Waals surface area (Å²) in [6.45, 7) is 3.63. The molecule has 188 valence electrons. The van der Waals surface area contributed by atoms with Crippen LogP contribution in [-0.2, 0) is 32.2 Å². The van der Waals surface area contributed by atoms with Crippen molar-refractivity contribution >= 4 is 33.2 Å². The van der Waals surface area contributed by atoms with E-state index in [2.05, 4.69) is 5.32 Å². The zero-order valence-electron chi connectivity index (χ0n) is 19.3. The zero-order valence-corrected chi connectivity index (χ0v) is 20.1. The molecule has 2 aromatic rings. The number of sulfonamides is 1. The topological polar surface area (TPSA) is 86.8 Å². The number of hydrogen-bond acceptors (Lipinski definition) is 4. The van der Waals surface area contributed by atoms with Crippen molar-refractivity contribution in [1.29, 1.82) is 0 Å². The van der Waals surface area contributed by atoms with Crippen molar-refractivity contribution in [2.75, 3.05) is 23.3 Å². The van der Waals surface area contributed by atoms with Crippen LogP contribution in [0.25, 0.3) is 0 Å². The Labute approximate surface area is 202 Å². The number of carbonyl (C=O) groups is 2. The van der Waals surface area contributed by atoms with Gasteiger partial charge in [-0.15, -0.1) is 0 Å². The van der Waals surface area contributed by atoms with Gasteiger partial charge in [-0.25, -0.2) is 8.42 Å². The second-order valence-electron chi connectivity index (χ2n) is 8.98. The maximum Gasteiger partial charge on any atom is 0.416 e. The quantitative estimate of drug-likeness (QED) is 0.674. The molecule has 0 saturated carbocycles. The fourth-order valence-electron chi connectivity index (χ4n) is 4.77. The molecule has 0 spiro atoms. The number of fused-ring (bicyclic) bond motifs is 1. The Morgan fingerprint density at radius 3 is 2.37 bits per heavy atom. The number of anilines is 2. The second-order valence-corrected chi connectivity index (χ2v) is 10.9. The van der Waals surface area contributed by atoms with Crippen LogP contribution >= 0.6 is 0 Å². The van der Waals surface area contributed by atoms with Crippen molar-refractivity contribution in [1.82, 2.24) is 4.31 Å². The Kier molecular flexibility index (Phi) is 6.67. The number of halogens is 3. The van der Waals surface area contributed by atoms with Gasteiger partial charge in [0.05, 0.1) is 10.5 Å². The first-order chi connectivity index (χ1) is 16.4. The number of piperidine rings is 1. The van der Waals surface area contributed by atoms with Gasteiger partial charge < -0.3 is 10.2 Å². The minimum Gasteiger partial charge on any atom is -0.326 e. The Balaban J connectivity index is 1.41. The summed E-state index contributed by atoms with van der Waals surface area (Å²) in [5, 5.41) is 2.52. The van der Waals surface area contributed by atoms with Crippen molar-refractivity contribution in [3.8, 4) is 0 Å². The van der Waals surface area contributed by atoms with Crippen molar-refractivity contribution < 1.29 is 31.2 Å². The summed E-state index contributed by atoms with van der Waals surface area (Å²) in [5.41, 5.74) is 0.705. The number of hydrogen-bond donors (Lipinski definition) is 1. The molecule has 2 heterocycles. The highest BCUT2D eigenvalue weighted by molar-refractivity contribution is 7.89. The van der Waals surface area contributed by atoms with Gasteiger partial charge in [-0.3, -0.25) is 9.59 Å². The van der Waals surface area contributed by atoms with Crippen molar-refractivity contribution in [3.05, 3.63) is 53.6 Å². The molecule has 11 heteroatoms. The molecule has 0 unspecified atom stereocenters. The highest BCUT2D eigenvalue weighted by atomic mass is 32.2. The van der Waals surface area contributed by atoms with Crippen molar-refractivity contribution in [2.24, 2.45) is 5.92 Å².